The number of carbonyl (C=O) groups is 1. The van der Waals surface area contributed by atoms with Gasteiger partial charge in [0.15, 0.2) is 5.16 Å². The van der Waals surface area contributed by atoms with Crippen LogP contribution in [0.1, 0.15) is 25.0 Å². The minimum atomic E-state index is -0.177. The van der Waals surface area contributed by atoms with Crippen molar-refractivity contribution in [1.29, 1.82) is 0 Å². The highest BCUT2D eigenvalue weighted by molar-refractivity contribution is 7.99. The van der Waals surface area contributed by atoms with E-state index in [4.69, 9.17) is 21.3 Å². The van der Waals surface area contributed by atoms with E-state index in [-0.39, 0.29) is 29.4 Å². The molecule has 1 aliphatic rings. The van der Waals surface area contributed by atoms with Crippen molar-refractivity contribution in [2.24, 2.45) is 0 Å². The van der Waals surface area contributed by atoms with Crippen LogP contribution in [0.4, 0.5) is 0 Å². The summed E-state index contributed by atoms with van der Waals surface area (Å²) < 4.78 is 7.35. The number of hydrogen-bond acceptors (Lipinski definition) is 5. The molecular weight excluding hydrogens is 446 g/mol. The van der Waals surface area contributed by atoms with Crippen LogP contribution in [0.25, 0.3) is 16.6 Å². The summed E-state index contributed by atoms with van der Waals surface area (Å²) in [6.45, 7) is 9.06. The van der Waals surface area contributed by atoms with Crippen LogP contribution in [0.5, 0.6) is 0 Å². The van der Waals surface area contributed by atoms with E-state index in [0.29, 0.717) is 34.2 Å². The third-order valence-corrected chi connectivity index (χ3v) is 6.87. The van der Waals surface area contributed by atoms with Gasteiger partial charge in [-0.2, -0.15) is 0 Å². The molecule has 1 fully saturated rings. The normalized spacial score (nSPS) is 18.8. The first-order valence-corrected chi connectivity index (χ1v) is 12.0. The number of fused-ring (bicyclic) bond motifs is 1. The van der Waals surface area contributed by atoms with Crippen molar-refractivity contribution < 1.29 is 9.53 Å². The number of thioether (sulfide) groups is 1. The Morgan fingerprint density at radius 2 is 1.91 bits per heavy atom. The lowest BCUT2D eigenvalue weighted by molar-refractivity contribution is -0.140. The van der Waals surface area contributed by atoms with Crippen LogP contribution >= 0.6 is 23.4 Å². The Bertz CT molecular complexity index is 1230. The monoisotopic (exact) mass is 471 g/mol. The molecule has 0 aliphatic carbocycles. The number of morpholine rings is 1. The highest BCUT2D eigenvalue weighted by Crippen LogP contribution is 2.26. The number of amides is 1. The molecule has 3 aromatic rings. The van der Waals surface area contributed by atoms with E-state index in [1.54, 1.807) is 22.8 Å². The Balaban J connectivity index is 1.75. The number of hydrogen-bond donors (Lipinski definition) is 0. The summed E-state index contributed by atoms with van der Waals surface area (Å²) in [4.78, 5) is 33.0. The van der Waals surface area contributed by atoms with Crippen LogP contribution in [-0.4, -0.2) is 51.4 Å². The summed E-state index contributed by atoms with van der Waals surface area (Å²) >= 11 is 7.43. The van der Waals surface area contributed by atoms with Gasteiger partial charge in [0.1, 0.15) is 0 Å². The summed E-state index contributed by atoms with van der Waals surface area (Å²) in [5.41, 5.74) is 3.18. The van der Waals surface area contributed by atoms with Crippen molar-refractivity contribution in [1.82, 2.24) is 14.5 Å². The number of aromatic nitrogens is 2. The molecule has 8 heteroatoms. The molecule has 168 valence electrons. The molecule has 0 spiro atoms. The quantitative estimate of drug-likeness (QED) is 0.417. The molecule has 0 radical (unpaired) electrons. The second kappa shape index (κ2) is 9.25. The molecule has 0 N–H and O–H groups in total. The van der Waals surface area contributed by atoms with Gasteiger partial charge in [-0.3, -0.25) is 14.2 Å². The summed E-state index contributed by atoms with van der Waals surface area (Å²) in [5, 5.41) is 1.47. The van der Waals surface area contributed by atoms with Gasteiger partial charge in [-0.15, -0.1) is 0 Å². The fourth-order valence-electron chi connectivity index (χ4n) is 4.02. The van der Waals surface area contributed by atoms with Crippen molar-refractivity contribution in [3.8, 4) is 5.69 Å². The maximum atomic E-state index is 13.5. The van der Waals surface area contributed by atoms with Gasteiger partial charge in [-0.1, -0.05) is 35.5 Å². The van der Waals surface area contributed by atoms with E-state index in [2.05, 4.69) is 0 Å². The van der Waals surface area contributed by atoms with Crippen LogP contribution < -0.4 is 5.56 Å². The maximum Gasteiger partial charge on any atom is 0.266 e. The second-order valence-electron chi connectivity index (χ2n) is 8.26. The van der Waals surface area contributed by atoms with Gasteiger partial charge in [0, 0.05) is 18.1 Å². The Labute approximate surface area is 196 Å². The third-order valence-electron chi connectivity index (χ3n) is 5.71. The van der Waals surface area contributed by atoms with Gasteiger partial charge >= 0.3 is 0 Å². The molecule has 2 heterocycles. The Hall–Kier alpha value is -2.35. The van der Waals surface area contributed by atoms with Crippen LogP contribution in [-0.2, 0) is 9.53 Å². The number of benzene rings is 2. The average molecular weight is 472 g/mol. The van der Waals surface area contributed by atoms with E-state index in [1.807, 2.05) is 50.8 Å². The lowest BCUT2D eigenvalue weighted by atomic mass is 10.1. The topological polar surface area (TPSA) is 64.4 Å². The van der Waals surface area contributed by atoms with Crippen molar-refractivity contribution in [2.75, 3.05) is 18.8 Å². The fraction of sp³-hybridized carbons (Fsp3) is 0.375. The van der Waals surface area contributed by atoms with E-state index >= 15 is 0 Å². The molecule has 0 saturated carbocycles. The lowest BCUT2D eigenvalue weighted by Gasteiger charge is -2.35. The predicted octanol–water partition coefficient (Wildman–Crippen LogP) is 4.38. The van der Waals surface area contributed by atoms with E-state index in [9.17, 15) is 9.59 Å². The molecule has 1 saturated heterocycles. The smallest absolute Gasteiger partial charge is 0.266 e. The van der Waals surface area contributed by atoms with Gasteiger partial charge in [-0.25, -0.2) is 4.98 Å². The Morgan fingerprint density at radius 3 is 2.62 bits per heavy atom. The van der Waals surface area contributed by atoms with Crippen LogP contribution in [0.15, 0.2) is 46.3 Å². The molecule has 1 aromatic heterocycles. The second-order valence-corrected chi connectivity index (χ2v) is 9.64. The SMILES string of the molecule is Cc1cccc(-n2c(SCC(=O)N3CC(C)OC(C)C3)nc3cc(Cl)ccc3c2=O)c1C. The van der Waals surface area contributed by atoms with Crippen molar-refractivity contribution >= 4 is 40.2 Å². The summed E-state index contributed by atoms with van der Waals surface area (Å²) in [6, 6.07) is 10.9. The van der Waals surface area contributed by atoms with Gasteiger partial charge in [0.25, 0.3) is 5.56 Å². The predicted molar refractivity (Wildman–Crippen MR) is 129 cm³/mol. The number of aryl methyl sites for hydroxylation is 1. The first-order valence-electron chi connectivity index (χ1n) is 10.6. The molecule has 2 atom stereocenters. The zero-order valence-electron chi connectivity index (χ0n) is 18.6. The largest absolute Gasteiger partial charge is 0.372 e. The standard InChI is InChI=1S/C24H26ClN3O3S/c1-14-6-5-7-21(17(14)4)28-23(30)19-9-8-18(25)10-20(19)26-24(28)32-13-22(29)27-11-15(2)31-16(3)12-27/h5-10,15-16H,11-13H2,1-4H3. The maximum absolute atomic E-state index is 13.5. The average Bonchev–Trinajstić information content (AvgIpc) is 2.73. The third kappa shape index (κ3) is 4.56. The first-order chi connectivity index (χ1) is 15.2. The van der Waals surface area contributed by atoms with Crippen molar-refractivity contribution in [3.63, 3.8) is 0 Å². The molecule has 2 unspecified atom stereocenters. The summed E-state index contributed by atoms with van der Waals surface area (Å²) in [5.74, 6) is 0.188. The van der Waals surface area contributed by atoms with Crippen LogP contribution in [0, 0.1) is 13.8 Å². The summed E-state index contributed by atoms with van der Waals surface area (Å²) in [6.07, 6.45) is 0.00326. The zero-order valence-corrected chi connectivity index (χ0v) is 20.2. The number of ether oxygens (including phenoxy) is 1. The first kappa shape index (κ1) is 22.8. The Morgan fingerprint density at radius 1 is 1.19 bits per heavy atom. The summed E-state index contributed by atoms with van der Waals surface area (Å²) in [7, 11) is 0. The minimum Gasteiger partial charge on any atom is -0.372 e. The molecule has 0 bridgehead atoms. The molecule has 4 rings (SSSR count). The van der Waals surface area contributed by atoms with E-state index in [1.165, 1.54) is 11.8 Å². The van der Waals surface area contributed by atoms with Crippen LogP contribution in [0.3, 0.4) is 0 Å². The number of nitrogens with zero attached hydrogens (tertiary/aromatic N) is 3. The van der Waals surface area contributed by atoms with Gasteiger partial charge in [0.05, 0.1) is 34.6 Å². The molecule has 1 amide bonds. The molecular formula is C24H26ClN3O3S. The highest BCUT2D eigenvalue weighted by Gasteiger charge is 2.26. The zero-order chi connectivity index (χ0) is 23.0. The molecule has 32 heavy (non-hydrogen) atoms. The van der Waals surface area contributed by atoms with Crippen molar-refractivity contribution in [2.45, 2.75) is 45.1 Å². The molecule has 1 aliphatic heterocycles. The van der Waals surface area contributed by atoms with E-state index < -0.39 is 0 Å². The number of carbonyl (C=O) groups excluding carboxylic acids is 1. The Kier molecular flexibility index (Phi) is 6.60. The van der Waals surface area contributed by atoms with Gasteiger partial charge in [0.2, 0.25) is 5.91 Å². The highest BCUT2D eigenvalue weighted by atomic mass is 35.5. The van der Waals surface area contributed by atoms with Gasteiger partial charge < -0.3 is 9.64 Å². The minimum absolute atomic E-state index is 0.00163. The van der Waals surface area contributed by atoms with Gasteiger partial charge in [-0.05, 0) is 63.1 Å². The van der Waals surface area contributed by atoms with Crippen molar-refractivity contribution in [3.05, 3.63) is 62.9 Å². The van der Waals surface area contributed by atoms with Crippen LogP contribution in [0.2, 0.25) is 5.02 Å². The molecule has 6 nitrogen and oxygen atoms in total. The number of halogens is 1. The fourth-order valence-corrected chi connectivity index (χ4v) is 5.10. The number of rotatable bonds is 4. The molecule has 2 aromatic carbocycles. The lowest BCUT2D eigenvalue weighted by Crippen LogP contribution is -2.48. The van der Waals surface area contributed by atoms with E-state index in [0.717, 1.165) is 16.8 Å².